The summed E-state index contributed by atoms with van der Waals surface area (Å²) in [5.41, 5.74) is 0.751. The van der Waals surface area contributed by atoms with Crippen molar-refractivity contribution in [3.63, 3.8) is 0 Å². The third kappa shape index (κ3) is 2.88. The van der Waals surface area contributed by atoms with E-state index in [1.54, 1.807) is 13.0 Å². The van der Waals surface area contributed by atoms with E-state index in [1.165, 1.54) is 13.2 Å². The molecular weight excluding hydrogens is 276 g/mol. The number of hydrogen-bond acceptors (Lipinski definition) is 3. The van der Waals surface area contributed by atoms with Crippen LogP contribution in [-0.4, -0.2) is 23.3 Å². The zero-order chi connectivity index (χ0) is 12.3. The van der Waals surface area contributed by atoms with E-state index in [-0.39, 0.29) is 18.1 Å². The molecule has 0 aromatic heterocycles. The van der Waals surface area contributed by atoms with Gasteiger partial charge in [-0.05, 0) is 23.6 Å². The first-order chi connectivity index (χ1) is 7.45. The molecule has 0 bridgehead atoms. The van der Waals surface area contributed by atoms with Gasteiger partial charge in [0.25, 0.3) is 0 Å². The lowest BCUT2D eigenvalue weighted by Crippen LogP contribution is -2.03. The number of hydrogen-bond donors (Lipinski definition) is 2. The van der Waals surface area contributed by atoms with Crippen LogP contribution >= 0.6 is 15.9 Å². The summed E-state index contributed by atoms with van der Waals surface area (Å²) < 4.78 is 5.68. The van der Waals surface area contributed by atoms with Gasteiger partial charge in [-0.3, -0.25) is 4.79 Å². The van der Waals surface area contributed by atoms with Gasteiger partial charge in [0, 0.05) is 4.47 Å². The van der Waals surface area contributed by atoms with Crippen molar-refractivity contribution in [3.05, 3.63) is 22.2 Å². The third-order valence-corrected chi connectivity index (χ3v) is 3.00. The highest BCUT2D eigenvalue weighted by molar-refractivity contribution is 9.10. The number of aromatic hydroxyl groups is 1. The average molecular weight is 289 g/mol. The van der Waals surface area contributed by atoms with Crippen molar-refractivity contribution in [1.29, 1.82) is 0 Å². The molecule has 1 rings (SSSR count). The predicted octanol–water partition coefficient (Wildman–Crippen LogP) is 2.74. The molecule has 1 aromatic carbocycles. The van der Waals surface area contributed by atoms with Gasteiger partial charge in [-0.1, -0.05) is 22.9 Å². The molecule has 0 aliphatic heterocycles. The van der Waals surface area contributed by atoms with Crippen LogP contribution < -0.4 is 4.74 Å². The molecule has 0 heterocycles. The summed E-state index contributed by atoms with van der Waals surface area (Å²) in [7, 11) is 1.46. The van der Waals surface area contributed by atoms with E-state index in [0.29, 0.717) is 5.75 Å². The maximum Gasteiger partial charge on any atom is 0.303 e. The fourth-order valence-corrected chi connectivity index (χ4v) is 2.19. The molecule has 0 aliphatic carbocycles. The summed E-state index contributed by atoms with van der Waals surface area (Å²) in [5.74, 6) is -0.672. The summed E-state index contributed by atoms with van der Waals surface area (Å²) in [6.07, 6.45) is 0.0182. The molecule has 88 valence electrons. The SMILES string of the molecule is COc1cc(Br)c(C(C)CC(=O)O)cc1O. The van der Waals surface area contributed by atoms with Gasteiger partial charge in [0.1, 0.15) is 0 Å². The lowest BCUT2D eigenvalue weighted by Gasteiger charge is -2.13. The average Bonchev–Trinajstić information content (AvgIpc) is 2.19. The van der Waals surface area contributed by atoms with Crippen molar-refractivity contribution < 1.29 is 19.7 Å². The van der Waals surface area contributed by atoms with Crippen molar-refractivity contribution in [2.24, 2.45) is 0 Å². The number of halogens is 1. The van der Waals surface area contributed by atoms with E-state index in [4.69, 9.17) is 9.84 Å². The summed E-state index contributed by atoms with van der Waals surface area (Å²) in [5, 5.41) is 18.3. The summed E-state index contributed by atoms with van der Waals surface area (Å²) in [6, 6.07) is 3.15. The molecule has 1 unspecified atom stereocenters. The molecule has 1 aromatic rings. The molecule has 0 spiro atoms. The molecule has 0 fully saturated rings. The lowest BCUT2D eigenvalue weighted by atomic mass is 9.97. The number of benzene rings is 1. The Morgan fingerprint density at radius 3 is 2.69 bits per heavy atom. The van der Waals surface area contributed by atoms with Crippen molar-refractivity contribution in [2.45, 2.75) is 19.3 Å². The zero-order valence-electron chi connectivity index (χ0n) is 9.03. The first kappa shape index (κ1) is 12.8. The van der Waals surface area contributed by atoms with Crippen molar-refractivity contribution in [1.82, 2.24) is 0 Å². The molecule has 0 radical (unpaired) electrons. The number of carbonyl (C=O) groups is 1. The van der Waals surface area contributed by atoms with Crippen LogP contribution in [0.1, 0.15) is 24.8 Å². The van der Waals surface area contributed by atoms with Crippen LogP contribution in [0, 0.1) is 0 Å². The highest BCUT2D eigenvalue weighted by Crippen LogP contribution is 2.36. The van der Waals surface area contributed by atoms with E-state index in [9.17, 15) is 9.90 Å². The largest absolute Gasteiger partial charge is 0.504 e. The maximum absolute atomic E-state index is 10.6. The third-order valence-electron chi connectivity index (χ3n) is 2.31. The van der Waals surface area contributed by atoms with Gasteiger partial charge in [-0.15, -0.1) is 0 Å². The molecule has 0 saturated heterocycles. The smallest absolute Gasteiger partial charge is 0.303 e. The molecule has 5 heteroatoms. The second kappa shape index (κ2) is 5.21. The fourth-order valence-electron chi connectivity index (χ4n) is 1.47. The monoisotopic (exact) mass is 288 g/mol. The van der Waals surface area contributed by atoms with Gasteiger partial charge in [-0.2, -0.15) is 0 Å². The van der Waals surface area contributed by atoms with Gasteiger partial charge < -0.3 is 14.9 Å². The minimum Gasteiger partial charge on any atom is -0.504 e. The first-order valence-electron chi connectivity index (χ1n) is 4.74. The normalized spacial score (nSPS) is 12.2. The van der Waals surface area contributed by atoms with Gasteiger partial charge >= 0.3 is 5.97 Å². The highest BCUT2D eigenvalue weighted by Gasteiger charge is 2.16. The lowest BCUT2D eigenvalue weighted by molar-refractivity contribution is -0.137. The van der Waals surface area contributed by atoms with Crippen molar-refractivity contribution >= 4 is 21.9 Å². The van der Waals surface area contributed by atoms with Crippen LogP contribution in [0.25, 0.3) is 0 Å². The Labute approximate surface area is 102 Å². The first-order valence-corrected chi connectivity index (χ1v) is 5.53. The number of aliphatic carboxylic acids is 1. The second-order valence-electron chi connectivity index (χ2n) is 3.54. The Morgan fingerprint density at radius 1 is 1.56 bits per heavy atom. The molecular formula is C11H13BrO4. The van der Waals surface area contributed by atoms with Gasteiger partial charge in [-0.25, -0.2) is 0 Å². The number of rotatable bonds is 4. The van der Waals surface area contributed by atoms with Crippen LogP contribution in [0.5, 0.6) is 11.5 Å². The second-order valence-corrected chi connectivity index (χ2v) is 4.40. The van der Waals surface area contributed by atoms with Gasteiger partial charge in [0.15, 0.2) is 11.5 Å². The van der Waals surface area contributed by atoms with E-state index >= 15 is 0 Å². The van der Waals surface area contributed by atoms with Crippen LogP contribution in [0.15, 0.2) is 16.6 Å². The Balaban J connectivity index is 3.05. The topological polar surface area (TPSA) is 66.8 Å². The van der Waals surface area contributed by atoms with E-state index in [0.717, 1.165) is 10.0 Å². The Morgan fingerprint density at radius 2 is 2.19 bits per heavy atom. The Kier molecular flexibility index (Phi) is 4.18. The summed E-state index contributed by atoms with van der Waals surface area (Å²) in [4.78, 5) is 10.6. The Hall–Kier alpha value is -1.23. The van der Waals surface area contributed by atoms with E-state index < -0.39 is 5.97 Å². The van der Waals surface area contributed by atoms with Crippen LogP contribution in [-0.2, 0) is 4.79 Å². The molecule has 0 amide bonds. The standard InChI is InChI=1S/C11H13BrO4/c1-6(3-11(14)15)7-4-9(13)10(16-2)5-8(7)12/h4-6,13H,3H2,1-2H3,(H,14,15). The number of phenols is 1. The van der Waals surface area contributed by atoms with E-state index in [2.05, 4.69) is 15.9 Å². The number of methoxy groups -OCH3 is 1. The number of phenolic OH excluding ortho intramolecular Hbond substituents is 1. The van der Waals surface area contributed by atoms with Crippen LogP contribution in [0.4, 0.5) is 0 Å². The molecule has 16 heavy (non-hydrogen) atoms. The molecule has 2 N–H and O–H groups in total. The molecule has 4 nitrogen and oxygen atoms in total. The summed E-state index contributed by atoms with van der Waals surface area (Å²) in [6.45, 7) is 1.79. The van der Waals surface area contributed by atoms with Gasteiger partial charge in [0.05, 0.1) is 13.5 Å². The van der Waals surface area contributed by atoms with Gasteiger partial charge in [0.2, 0.25) is 0 Å². The minimum atomic E-state index is -0.866. The van der Waals surface area contributed by atoms with Crippen LogP contribution in [0.2, 0.25) is 0 Å². The summed E-state index contributed by atoms with van der Waals surface area (Å²) >= 11 is 3.33. The van der Waals surface area contributed by atoms with Crippen LogP contribution in [0.3, 0.4) is 0 Å². The number of carboxylic acid groups (broad SMARTS) is 1. The minimum absolute atomic E-state index is 0.0120. The Bertz CT molecular complexity index is 403. The number of ether oxygens (including phenoxy) is 1. The molecule has 1 atom stereocenters. The highest BCUT2D eigenvalue weighted by atomic mass is 79.9. The van der Waals surface area contributed by atoms with E-state index in [1.807, 2.05) is 0 Å². The number of carboxylic acids is 1. The quantitative estimate of drug-likeness (QED) is 0.894. The predicted molar refractivity (Wildman–Crippen MR) is 63.0 cm³/mol. The van der Waals surface area contributed by atoms with Crippen molar-refractivity contribution in [2.75, 3.05) is 7.11 Å². The maximum atomic E-state index is 10.6. The van der Waals surface area contributed by atoms with Crippen molar-refractivity contribution in [3.8, 4) is 11.5 Å². The molecule has 0 aliphatic rings. The zero-order valence-corrected chi connectivity index (χ0v) is 10.6. The fraction of sp³-hybridized carbons (Fsp3) is 0.364. The molecule has 0 saturated carbocycles.